The minimum absolute atomic E-state index is 0.107. The number of ether oxygens (including phenoxy) is 2. The maximum atomic E-state index is 14.3. The number of anilines is 1. The summed E-state index contributed by atoms with van der Waals surface area (Å²) in [6.45, 7) is 12.3. The summed E-state index contributed by atoms with van der Waals surface area (Å²) < 4.78 is 13.0. The summed E-state index contributed by atoms with van der Waals surface area (Å²) in [5.41, 5.74) is 5.72. The van der Waals surface area contributed by atoms with Crippen molar-refractivity contribution in [2.24, 2.45) is 11.8 Å². The second-order valence-corrected chi connectivity index (χ2v) is 18.1. The van der Waals surface area contributed by atoms with Crippen LogP contribution in [0.3, 0.4) is 0 Å². The first-order valence-electron chi connectivity index (χ1n) is 22.0. The molecule has 1 heterocycles. The molecule has 2 atom stereocenters. The molecule has 0 radical (unpaired) electrons. The van der Waals surface area contributed by atoms with E-state index in [-0.39, 0.29) is 36.3 Å². The highest BCUT2D eigenvalue weighted by molar-refractivity contribution is 5.99. The number of carbonyl (C=O) groups is 4. The van der Waals surface area contributed by atoms with Gasteiger partial charge in [-0.1, -0.05) is 101 Å². The van der Waals surface area contributed by atoms with E-state index < -0.39 is 41.7 Å². The third kappa shape index (κ3) is 12.0. The summed E-state index contributed by atoms with van der Waals surface area (Å²) in [6, 6.07) is 21.5. The molecule has 1 fully saturated rings. The molecule has 12 heteroatoms. The smallest absolute Gasteiger partial charge is 0.407 e. The zero-order valence-electron chi connectivity index (χ0n) is 36.6. The van der Waals surface area contributed by atoms with Crippen molar-refractivity contribution in [3.8, 4) is 11.1 Å². The number of aryl methyl sites for hydroxylation is 1. The normalized spacial score (nSPS) is 15.1. The molecule has 1 aromatic heterocycles. The van der Waals surface area contributed by atoms with E-state index in [0.29, 0.717) is 43.6 Å². The lowest BCUT2D eigenvalue weighted by molar-refractivity contribution is -0.128. The van der Waals surface area contributed by atoms with Gasteiger partial charge in [-0.05, 0) is 105 Å². The Labute approximate surface area is 359 Å². The minimum Gasteiger partial charge on any atom is -0.449 e. The third-order valence-corrected chi connectivity index (χ3v) is 11.6. The van der Waals surface area contributed by atoms with Crippen molar-refractivity contribution in [1.82, 2.24) is 20.5 Å². The molecule has 6 rings (SSSR count). The molecule has 0 saturated heterocycles. The topological polar surface area (TPSA) is 157 Å². The van der Waals surface area contributed by atoms with E-state index in [0.717, 1.165) is 65.3 Å². The molecule has 0 aliphatic heterocycles. The fraction of sp³-hybridized carbons (Fsp3) is 0.490. The number of pyridine rings is 1. The van der Waals surface area contributed by atoms with Gasteiger partial charge in [-0.25, -0.2) is 9.59 Å². The highest BCUT2D eigenvalue weighted by Gasteiger charge is 2.32. The molecule has 1 saturated carbocycles. The Morgan fingerprint density at radius 1 is 0.803 bits per heavy atom. The number of aromatic nitrogens is 1. The van der Waals surface area contributed by atoms with Gasteiger partial charge in [0, 0.05) is 36.1 Å². The van der Waals surface area contributed by atoms with E-state index in [2.05, 4.69) is 45.5 Å². The monoisotopic (exact) mass is 833 g/mol. The predicted octanol–water partition coefficient (Wildman–Crippen LogP) is 8.96. The molecule has 4 amide bonds. The molecule has 2 aliphatic rings. The molecule has 4 N–H and O–H groups in total. The summed E-state index contributed by atoms with van der Waals surface area (Å²) in [5, 5.41) is 12.5. The van der Waals surface area contributed by atoms with Gasteiger partial charge in [0.25, 0.3) is 5.56 Å². The van der Waals surface area contributed by atoms with Gasteiger partial charge in [0.1, 0.15) is 24.3 Å². The fourth-order valence-electron chi connectivity index (χ4n) is 8.70. The van der Waals surface area contributed by atoms with Crippen molar-refractivity contribution < 1.29 is 28.7 Å². The first-order valence-corrected chi connectivity index (χ1v) is 22.0. The van der Waals surface area contributed by atoms with Gasteiger partial charge in [0.2, 0.25) is 11.8 Å². The second-order valence-electron chi connectivity index (χ2n) is 18.1. The van der Waals surface area contributed by atoms with Crippen LogP contribution in [0.25, 0.3) is 22.0 Å². The summed E-state index contributed by atoms with van der Waals surface area (Å²) in [7, 11) is 0. The number of benzene rings is 3. The van der Waals surface area contributed by atoms with Crippen molar-refractivity contribution >= 4 is 40.6 Å². The van der Waals surface area contributed by atoms with Gasteiger partial charge in [0.05, 0.1) is 5.52 Å². The molecular formula is C49H63N5O7. The molecule has 4 aromatic rings. The van der Waals surface area contributed by atoms with Gasteiger partial charge in [-0.15, -0.1) is 0 Å². The maximum Gasteiger partial charge on any atom is 0.407 e. The molecular weight excluding hydrogens is 771 g/mol. The van der Waals surface area contributed by atoms with Crippen LogP contribution in [0.1, 0.15) is 115 Å². The fourth-order valence-corrected chi connectivity index (χ4v) is 8.70. The van der Waals surface area contributed by atoms with E-state index in [1.54, 1.807) is 43.5 Å². The van der Waals surface area contributed by atoms with E-state index >= 15 is 0 Å². The Bertz CT molecular complexity index is 2210. The van der Waals surface area contributed by atoms with Crippen LogP contribution in [-0.4, -0.2) is 59.4 Å². The van der Waals surface area contributed by atoms with Crippen LogP contribution in [0.4, 0.5) is 15.3 Å². The number of fused-ring (bicyclic) bond motifs is 4. The number of nitrogens with zero attached hydrogens (tertiary/aromatic N) is 1. The Kier molecular flexibility index (Phi) is 14.9. The molecule has 2 aliphatic carbocycles. The largest absolute Gasteiger partial charge is 0.449 e. The van der Waals surface area contributed by atoms with Gasteiger partial charge in [-0.3, -0.25) is 14.4 Å². The average molecular weight is 834 g/mol. The van der Waals surface area contributed by atoms with Crippen molar-refractivity contribution in [3.05, 3.63) is 99.8 Å². The van der Waals surface area contributed by atoms with Gasteiger partial charge in [0.15, 0.2) is 0 Å². The van der Waals surface area contributed by atoms with Crippen LogP contribution >= 0.6 is 0 Å². The van der Waals surface area contributed by atoms with E-state index in [9.17, 15) is 24.0 Å². The number of hydrogen-bond acceptors (Lipinski definition) is 7. The Morgan fingerprint density at radius 3 is 2.13 bits per heavy atom. The minimum atomic E-state index is -0.974. The SMILES string of the molecule is Cc1cc(=O)n(CC(C)C)c2cc(NC(=O)[C@H](CCCCNC(=O)OC(C)(C)C)NC(=O)[C@H](CC3CCCCC3)NC(=O)OCC3c4ccccc4-c4ccccc43)ccc12. The van der Waals surface area contributed by atoms with E-state index in [1.807, 2.05) is 51.1 Å². The highest BCUT2D eigenvalue weighted by Crippen LogP contribution is 2.44. The second kappa shape index (κ2) is 20.3. The van der Waals surface area contributed by atoms with E-state index in [1.165, 1.54) is 0 Å². The lowest BCUT2D eigenvalue weighted by atomic mass is 9.84. The number of unbranched alkanes of at least 4 members (excludes halogenated alkanes) is 1. The zero-order valence-corrected chi connectivity index (χ0v) is 36.6. The number of alkyl carbamates (subject to hydrolysis) is 2. The molecule has 326 valence electrons. The van der Waals surface area contributed by atoms with Crippen molar-refractivity contribution in [1.29, 1.82) is 0 Å². The van der Waals surface area contributed by atoms with Crippen LogP contribution in [0.5, 0.6) is 0 Å². The number of carbonyl (C=O) groups excluding carboxylic acids is 4. The van der Waals surface area contributed by atoms with Gasteiger partial charge >= 0.3 is 12.2 Å². The van der Waals surface area contributed by atoms with Crippen LogP contribution in [-0.2, 0) is 25.6 Å². The molecule has 0 unspecified atom stereocenters. The third-order valence-electron chi connectivity index (χ3n) is 11.6. The van der Waals surface area contributed by atoms with Gasteiger partial charge < -0.3 is 35.3 Å². The van der Waals surface area contributed by atoms with Crippen molar-refractivity contribution in [2.45, 2.75) is 129 Å². The average Bonchev–Trinajstić information content (AvgIpc) is 3.53. The van der Waals surface area contributed by atoms with Crippen molar-refractivity contribution in [2.75, 3.05) is 18.5 Å². The van der Waals surface area contributed by atoms with Gasteiger partial charge in [-0.2, -0.15) is 0 Å². The first kappa shape index (κ1) is 44.9. The summed E-state index contributed by atoms with van der Waals surface area (Å²) >= 11 is 0. The maximum absolute atomic E-state index is 14.3. The number of nitrogens with one attached hydrogen (secondary N) is 4. The Hall–Kier alpha value is -5.65. The van der Waals surface area contributed by atoms with Crippen LogP contribution in [0, 0.1) is 18.8 Å². The molecule has 3 aromatic carbocycles. The zero-order chi connectivity index (χ0) is 43.7. The summed E-state index contributed by atoms with van der Waals surface area (Å²) in [6.07, 6.45) is 5.65. The predicted molar refractivity (Wildman–Crippen MR) is 240 cm³/mol. The van der Waals surface area contributed by atoms with Crippen LogP contribution in [0.15, 0.2) is 77.6 Å². The standard InChI is InChI=1S/C49H63N5O7/c1-31(2)29-54-43-28-34(23-24-35(43)32(3)26-44(54)55)51-45(56)41(22-14-15-25-50-47(58)61-49(4,5)6)52-46(57)42(27-33-16-8-7-9-17-33)53-48(59)60-30-40-38-20-12-10-18-36(38)37-19-11-13-21-39(37)40/h10-13,18-21,23-24,26,28,31,33,40-42H,7-9,14-17,22,25,27,29-30H2,1-6H3,(H,50,58)(H,51,56)(H,52,57)(H,53,59)/t41-,42-/m0/s1. The highest BCUT2D eigenvalue weighted by atomic mass is 16.6. The molecule has 0 spiro atoms. The summed E-state index contributed by atoms with van der Waals surface area (Å²) in [4.78, 5) is 67.5. The lowest BCUT2D eigenvalue weighted by Crippen LogP contribution is -2.53. The lowest BCUT2D eigenvalue weighted by Gasteiger charge is -2.28. The summed E-state index contributed by atoms with van der Waals surface area (Å²) in [5.74, 6) is -0.591. The number of rotatable bonds is 16. The Balaban J connectivity index is 1.18. The molecule has 61 heavy (non-hydrogen) atoms. The molecule has 12 nitrogen and oxygen atoms in total. The Morgan fingerprint density at radius 2 is 1.48 bits per heavy atom. The van der Waals surface area contributed by atoms with Crippen LogP contribution < -0.4 is 26.8 Å². The van der Waals surface area contributed by atoms with Crippen LogP contribution in [0.2, 0.25) is 0 Å². The molecule has 0 bridgehead atoms. The van der Waals surface area contributed by atoms with Crippen molar-refractivity contribution in [3.63, 3.8) is 0 Å². The number of hydrogen-bond donors (Lipinski definition) is 4. The quantitative estimate of drug-likeness (QED) is 0.0822. The first-order chi connectivity index (χ1) is 29.2. The number of amides is 4. The van der Waals surface area contributed by atoms with E-state index in [4.69, 9.17) is 9.47 Å².